The normalized spacial score (nSPS) is 11.2. The predicted molar refractivity (Wildman–Crippen MR) is 99.3 cm³/mol. The number of carbonyl (C=O) groups excluding carboxylic acids is 1. The van der Waals surface area contributed by atoms with Crippen molar-refractivity contribution >= 4 is 28.3 Å². The molecule has 2 aromatic carbocycles. The molecule has 130 valence electrons. The minimum absolute atomic E-state index is 0.164. The number of fused-ring (bicyclic) bond motifs is 3. The molecule has 1 amide bonds. The van der Waals surface area contributed by atoms with Crippen LogP contribution in [-0.2, 0) is 11.3 Å². The molecule has 0 aliphatic carbocycles. The van der Waals surface area contributed by atoms with Crippen LogP contribution < -0.4 is 11.0 Å². The molecule has 2 aromatic heterocycles. The monoisotopic (exact) mass is 347 g/mol. The van der Waals surface area contributed by atoms with Gasteiger partial charge in [0.15, 0.2) is 5.65 Å². The van der Waals surface area contributed by atoms with Crippen LogP contribution in [0.2, 0.25) is 0 Å². The Labute approximate surface area is 148 Å². The van der Waals surface area contributed by atoms with E-state index in [0.29, 0.717) is 16.7 Å². The topological polar surface area (TPSA) is 81.3 Å². The average Bonchev–Trinajstić information content (AvgIpc) is 2.95. The molecule has 0 aliphatic rings. The smallest absolute Gasteiger partial charge is 0.324 e. The summed E-state index contributed by atoms with van der Waals surface area (Å²) in [6.45, 7) is 3.76. The number of aromatic nitrogens is 4. The van der Waals surface area contributed by atoms with Crippen LogP contribution in [0.4, 0.5) is 5.69 Å². The Kier molecular flexibility index (Phi) is 3.76. The van der Waals surface area contributed by atoms with Crippen LogP contribution in [0.3, 0.4) is 0 Å². The Balaban J connectivity index is 1.68. The number of nitrogens with zero attached hydrogens (tertiary/aromatic N) is 4. The highest BCUT2D eigenvalue weighted by Gasteiger charge is 2.14. The summed E-state index contributed by atoms with van der Waals surface area (Å²) in [6.07, 6.45) is 1.53. The molecule has 1 N–H and O–H groups in total. The molecule has 7 heteroatoms. The number of nitrogens with one attached hydrogen (secondary N) is 1. The van der Waals surface area contributed by atoms with Crippen LogP contribution in [0.1, 0.15) is 11.1 Å². The first kappa shape index (κ1) is 16.0. The molecule has 0 unspecified atom stereocenters. The van der Waals surface area contributed by atoms with E-state index in [1.807, 2.05) is 50.2 Å². The van der Waals surface area contributed by atoms with E-state index in [-0.39, 0.29) is 18.1 Å². The molecule has 4 rings (SSSR count). The minimum Gasteiger partial charge on any atom is -0.324 e. The van der Waals surface area contributed by atoms with Crippen LogP contribution >= 0.6 is 0 Å². The van der Waals surface area contributed by atoms with Crippen LogP contribution in [0.15, 0.2) is 53.5 Å². The van der Waals surface area contributed by atoms with Crippen molar-refractivity contribution in [3.63, 3.8) is 0 Å². The summed E-state index contributed by atoms with van der Waals surface area (Å²) in [5, 5.41) is 7.07. The lowest BCUT2D eigenvalue weighted by Gasteiger charge is -2.09. The van der Waals surface area contributed by atoms with E-state index in [2.05, 4.69) is 15.4 Å². The van der Waals surface area contributed by atoms with Crippen molar-refractivity contribution in [2.45, 2.75) is 20.4 Å². The fraction of sp³-hybridized carbons (Fsp3) is 0.158. The standard InChI is InChI=1S/C19H17N5O2/c1-12-6-5-8-14(13(12)2)21-18(25)11-23-19(26)24-16-9-4-3-7-15(16)20-10-17(24)22-23/h3-10H,11H2,1-2H3,(H,21,25). The maximum absolute atomic E-state index is 12.7. The quantitative estimate of drug-likeness (QED) is 0.616. The number of aryl methyl sites for hydroxylation is 1. The van der Waals surface area contributed by atoms with Crippen LogP contribution in [0.5, 0.6) is 0 Å². The first-order chi connectivity index (χ1) is 12.5. The van der Waals surface area contributed by atoms with Gasteiger partial charge in [-0.05, 0) is 43.2 Å². The van der Waals surface area contributed by atoms with Crippen molar-refractivity contribution in [3.8, 4) is 0 Å². The number of anilines is 1. The van der Waals surface area contributed by atoms with E-state index in [4.69, 9.17) is 0 Å². The lowest BCUT2D eigenvalue weighted by Crippen LogP contribution is -2.28. The summed E-state index contributed by atoms with van der Waals surface area (Å²) in [4.78, 5) is 29.4. The molecule has 0 atom stereocenters. The zero-order valence-corrected chi connectivity index (χ0v) is 14.4. The van der Waals surface area contributed by atoms with Crippen molar-refractivity contribution in [2.75, 3.05) is 5.32 Å². The van der Waals surface area contributed by atoms with Gasteiger partial charge in [-0.1, -0.05) is 24.3 Å². The third-order valence-corrected chi connectivity index (χ3v) is 4.48. The first-order valence-electron chi connectivity index (χ1n) is 8.24. The number of para-hydroxylation sites is 2. The molecule has 0 bridgehead atoms. The fourth-order valence-electron chi connectivity index (χ4n) is 2.94. The second kappa shape index (κ2) is 6.11. The summed E-state index contributed by atoms with van der Waals surface area (Å²) in [6, 6.07) is 13.0. The Hall–Kier alpha value is -3.48. The molecule has 7 nitrogen and oxygen atoms in total. The maximum atomic E-state index is 12.7. The molecular weight excluding hydrogens is 330 g/mol. The molecule has 0 saturated heterocycles. The van der Waals surface area contributed by atoms with Crippen LogP contribution in [-0.4, -0.2) is 25.1 Å². The Morgan fingerprint density at radius 3 is 2.77 bits per heavy atom. The molecular formula is C19H17N5O2. The second-order valence-corrected chi connectivity index (χ2v) is 6.18. The van der Waals surface area contributed by atoms with Gasteiger partial charge in [0.1, 0.15) is 6.54 Å². The van der Waals surface area contributed by atoms with E-state index < -0.39 is 0 Å². The number of benzene rings is 2. The van der Waals surface area contributed by atoms with E-state index in [9.17, 15) is 9.59 Å². The minimum atomic E-state index is -0.366. The molecule has 0 saturated carbocycles. The van der Waals surface area contributed by atoms with Crippen LogP contribution in [0, 0.1) is 13.8 Å². The van der Waals surface area contributed by atoms with Crippen molar-refractivity contribution in [3.05, 3.63) is 70.3 Å². The number of rotatable bonds is 3. The zero-order valence-electron chi connectivity index (χ0n) is 14.4. The number of hydrogen-bond acceptors (Lipinski definition) is 4. The molecule has 0 fully saturated rings. The van der Waals surface area contributed by atoms with E-state index >= 15 is 0 Å². The number of hydrogen-bond donors (Lipinski definition) is 1. The van der Waals surface area contributed by atoms with Gasteiger partial charge >= 0.3 is 5.69 Å². The third kappa shape index (κ3) is 2.63. The molecule has 0 spiro atoms. The van der Waals surface area contributed by atoms with Gasteiger partial charge in [0.25, 0.3) is 0 Å². The molecule has 2 heterocycles. The molecule has 0 radical (unpaired) electrons. The van der Waals surface area contributed by atoms with Crippen molar-refractivity contribution in [2.24, 2.45) is 0 Å². The van der Waals surface area contributed by atoms with Gasteiger partial charge in [0.05, 0.1) is 17.2 Å². The van der Waals surface area contributed by atoms with Crippen molar-refractivity contribution in [1.29, 1.82) is 0 Å². The average molecular weight is 347 g/mol. The predicted octanol–water partition coefficient (Wildman–Crippen LogP) is 2.30. The SMILES string of the molecule is Cc1cccc(NC(=O)Cn2nc3cnc4ccccc4n3c2=O)c1C. The van der Waals surface area contributed by atoms with Crippen LogP contribution in [0.25, 0.3) is 16.7 Å². The summed E-state index contributed by atoms with van der Waals surface area (Å²) in [5.74, 6) is -0.304. The largest absolute Gasteiger partial charge is 0.351 e. The summed E-state index contributed by atoms with van der Waals surface area (Å²) < 4.78 is 2.62. The van der Waals surface area contributed by atoms with Gasteiger partial charge in [0, 0.05) is 5.69 Å². The van der Waals surface area contributed by atoms with Crippen molar-refractivity contribution in [1.82, 2.24) is 19.2 Å². The highest BCUT2D eigenvalue weighted by Crippen LogP contribution is 2.18. The highest BCUT2D eigenvalue weighted by molar-refractivity contribution is 5.91. The summed E-state index contributed by atoms with van der Waals surface area (Å²) in [7, 11) is 0. The summed E-state index contributed by atoms with van der Waals surface area (Å²) >= 11 is 0. The number of carbonyl (C=O) groups is 1. The van der Waals surface area contributed by atoms with Crippen molar-refractivity contribution < 1.29 is 4.79 Å². The first-order valence-corrected chi connectivity index (χ1v) is 8.24. The Morgan fingerprint density at radius 1 is 1.12 bits per heavy atom. The van der Waals surface area contributed by atoms with Gasteiger partial charge in [-0.2, -0.15) is 0 Å². The van der Waals surface area contributed by atoms with Gasteiger partial charge in [-0.25, -0.2) is 13.9 Å². The second-order valence-electron chi connectivity index (χ2n) is 6.18. The molecule has 0 aliphatic heterocycles. The van der Waals surface area contributed by atoms with Gasteiger partial charge in [-0.15, -0.1) is 5.10 Å². The number of amides is 1. The van der Waals surface area contributed by atoms with Gasteiger partial charge in [0.2, 0.25) is 5.91 Å². The lowest BCUT2D eigenvalue weighted by molar-refractivity contribution is -0.117. The van der Waals surface area contributed by atoms with E-state index in [0.717, 1.165) is 21.5 Å². The van der Waals surface area contributed by atoms with Gasteiger partial charge < -0.3 is 5.32 Å². The Bertz CT molecular complexity index is 1210. The summed E-state index contributed by atoms with van der Waals surface area (Å²) in [5.41, 5.74) is 4.23. The van der Waals surface area contributed by atoms with Gasteiger partial charge in [-0.3, -0.25) is 9.78 Å². The van der Waals surface area contributed by atoms with E-state index in [1.165, 1.54) is 10.6 Å². The Morgan fingerprint density at radius 2 is 1.92 bits per heavy atom. The third-order valence-electron chi connectivity index (χ3n) is 4.48. The molecule has 4 aromatic rings. The molecule has 26 heavy (non-hydrogen) atoms. The fourth-order valence-corrected chi connectivity index (χ4v) is 2.94. The zero-order chi connectivity index (χ0) is 18.3. The highest BCUT2D eigenvalue weighted by atomic mass is 16.2. The maximum Gasteiger partial charge on any atom is 0.351 e. The van der Waals surface area contributed by atoms with E-state index in [1.54, 1.807) is 6.07 Å². The lowest BCUT2D eigenvalue weighted by atomic mass is 10.1.